The van der Waals surface area contributed by atoms with Gasteiger partial charge in [-0.3, -0.25) is 4.98 Å². The van der Waals surface area contributed by atoms with Crippen molar-refractivity contribution in [1.29, 1.82) is 0 Å². The number of anilines is 1. The molecule has 3 rings (SSSR count). The number of nitrogens with zero attached hydrogens (tertiary/aromatic N) is 2. The summed E-state index contributed by atoms with van der Waals surface area (Å²) in [6.07, 6.45) is 4.25. The molecule has 1 aromatic heterocycles. The Morgan fingerprint density at radius 1 is 1.25 bits per heavy atom. The number of fused-ring (bicyclic) bond motifs is 2. The van der Waals surface area contributed by atoms with Gasteiger partial charge in [-0.05, 0) is 31.9 Å². The van der Waals surface area contributed by atoms with E-state index in [-0.39, 0.29) is 6.10 Å². The normalized spacial score (nSPS) is 33.1. The van der Waals surface area contributed by atoms with E-state index >= 15 is 0 Å². The highest BCUT2D eigenvalue weighted by Crippen LogP contribution is 2.38. The molecule has 1 aromatic rings. The van der Waals surface area contributed by atoms with Crippen LogP contribution in [0.25, 0.3) is 0 Å². The predicted octanol–water partition coefficient (Wildman–Crippen LogP) is 1.60. The number of aliphatic hydroxyl groups excluding tert-OH is 1. The van der Waals surface area contributed by atoms with Gasteiger partial charge < -0.3 is 10.0 Å². The number of hydrogen-bond donors (Lipinski definition) is 1. The zero-order valence-electron chi connectivity index (χ0n) is 9.63. The molecule has 2 atom stereocenters. The van der Waals surface area contributed by atoms with E-state index in [0.717, 1.165) is 18.8 Å². The Kier molecular flexibility index (Phi) is 2.36. The molecule has 0 spiro atoms. The standard InChI is InChI=1S/C13H18N2O/c1-9-2-5-12(6-14-9)15-7-10-3-4-11(8-15)13(10)16/h2,5-6,10-11,13,16H,3-4,7-8H2,1H3. The van der Waals surface area contributed by atoms with Gasteiger partial charge in [-0.2, -0.15) is 0 Å². The minimum absolute atomic E-state index is 0.0605. The van der Waals surface area contributed by atoms with Gasteiger partial charge in [0.2, 0.25) is 0 Å². The van der Waals surface area contributed by atoms with Gasteiger partial charge in [0.05, 0.1) is 18.0 Å². The van der Waals surface area contributed by atoms with Crippen molar-refractivity contribution in [3.05, 3.63) is 24.0 Å². The lowest BCUT2D eigenvalue weighted by atomic mass is 9.95. The first-order valence-electron chi connectivity index (χ1n) is 6.10. The Morgan fingerprint density at radius 3 is 2.50 bits per heavy atom. The fraction of sp³-hybridized carbons (Fsp3) is 0.615. The second kappa shape index (κ2) is 3.74. The van der Waals surface area contributed by atoms with Gasteiger partial charge in [-0.25, -0.2) is 0 Å². The Bertz CT molecular complexity index is 362. The molecule has 2 heterocycles. The monoisotopic (exact) mass is 218 g/mol. The highest BCUT2D eigenvalue weighted by Gasteiger charge is 2.40. The number of aryl methyl sites for hydroxylation is 1. The van der Waals surface area contributed by atoms with Gasteiger partial charge >= 0.3 is 0 Å². The third-order valence-corrected chi connectivity index (χ3v) is 4.04. The number of pyridine rings is 1. The van der Waals surface area contributed by atoms with Crippen molar-refractivity contribution < 1.29 is 5.11 Å². The van der Waals surface area contributed by atoms with Crippen molar-refractivity contribution in [3.63, 3.8) is 0 Å². The molecule has 86 valence electrons. The van der Waals surface area contributed by atoms with Crippen LogP contribution in [-0.2, 0) is 0 Å². The summed E-state index contributed by atoms with van der Waals surface area (Å²) in [7, 11) is 0. The van der Waals surface area contributed by atoms with Crippen LogP contribution in [0.1, 0.15) is 18.5 Å². The molecule has 1 saturated carbocycles. The van der Waals surface area contributed by atoms with E-state index in [0.29, 0.717) is 11.8 Å². The molecule has 0 amide bonds. The molecule has 2 bridgehead atoms. The molecule has 1 N–H and O–H groups in total. The zero-order valence-corrected chi connectivity index (χ0v) is 9.63. The van der Waals surface area contributed by atoms with E-state index in [1.54, 1.807) is 0 Å². The second-order valence-electron chi connectivity index (χ2n) is 5.15. The molecular formula is C13H18N2O. The Morgan fingerprint density at radius 2 is 1.94 bits per heavy atom. The van der Waals surface area contributed by atoms with Crippen LogP contribution in [0, 0.1) is 18.8 Å². The van der Waals surface area contributed by atoms with Crippen molar-refractivity contribution in [1.82, 2.24) is 4.98 Å². The van der Waals surface area contributed by atoms with Gasteiger partial charge in [-0.1, -0.05) is 0 Å². The molecule has 2 fully saturated rings. The van der Waals surface area contributed by atoms with E-state index in [4.69, 9.17) is 0 Å². The molecule has 1 aliphatic carbocycles. The Hall–Kier alpha value is -1.09. The van der Waals surface area contributed by atoms with Crippen LogP contribution < -0.4 is 4.90 Å². The average molecular weight is 218 g/mol. The van der Waals surface area contributed by atoms with Crippen molar-refractivity contribution in [2.75, 3.05) is 18.0 Å². The predicted molar refractivity (Wildman–Crippen MR) is 63.4 cm³/mol. The van der Waals surface area contributed by atoms with E-state index in [2.05, 4.69) is 22.0 Å². The molecule has 1 aliphatic heterocycles. The van der Waals surface area contributed by atoms with Gasteiger partial charge in [0.25, 0.3) is 0 Å². The van der Waals surface area contributed by atoms with Crippen LogP contribution in [-0.4, -0.2) is 29.3 Å². The quantitative estimate of drug-likeness (QED) is 0.777. The maximum absolute atomic E-state index is 9.98. The summed E-state index contributed by atoms with van der Waals surface area (Å²) >= 11 is 0. The molecular weight excluding hydrogens is 200 g/mol. The van der Waals surface area contributed by atoms with E-state index < -0.39 is 0 Å². The Balaban J connectivity index is 1.80. The maximum Gasteiger partial charge on any atom is 0.0630 e. The topological polar surface area (TPSA) is 36.4 Å². The van der Waals surface area contributed by atoms with Gasteiger partial charge in [-0.15, -0.1) is 0 Å². The molecule has 1 saturated heterocycles. The first kappa shape index (κ1) is 10.1. The minimum Gasteiger partial charge on any atom is -0.392 e. The van der Waals surface area contributed by atoms with E-state index in [9.17, 15) is 5.11 Å². The third kappa shape index (κ3) is 1.59. The van der Waals surface area contributed by atoms with Crippen LogP contribution in [0.15, 0.2) is 18.3 Å². The van der Waals surface area contributed by atoms with Crippen LogP contribution in [0.5, 0.6) is 0 Å². The third-order valence-electron chi connectivity index (χ3n) is 4.04. The largest absolute Gasteiger partial charge is 0.392 e. The van der Waals surface area contributed by atoms with Gasteiger partial charge in [0.1, 0.15) is 0 Å². The number of aliphatic hydroxyl groups is 1. The molecule has 2 unspecified atom stereocenters. The van der Waals surface area contributed by atoms with Gasteiger partial charge in [0, 0.05) is 30.6 Å². The highest BCUT2D eigenvalue weighted by molar-refractivity contribution is 5.45. The lowest BCUT2D eigenvalue weighted by Gasteiger charge is -2.36. The van der Waals surface area contributed by atoms with Crippen molar-refractivity contribution in [2.45, 2.75) is 25.9 Å². The lowest BCUT2D eigenvalue weighted by molar-refractivity contribution is 0.0792. The SMILES string of the molecule is Cc1ccc(N2CC3CCC(C2)C3O)cn1. The fourth-order valence-electron chi connectivity index (χ4n) is 3.05. The van der Waals surface area contributed by atoms with Crippen LogP contribution in [0.4, 0.5) is 5.69 Å². The number of rotatable bonds is 1. The second-order valence-corrected chi connectivity index (χ2v) is 5.15. The molecule has 0 radical (unpaired) electrons. The summed E-state index contributed by atoms with van der Waals surface area (Å²) in [6.45, 7) is 3.98. The van der Waals surface area contributed by atoms with Crippen molar-refractivity contribution >= 4 is 5.69 Å². The first-order chi connectivity index (χ1) is 7.74. The summed E-state index contributed by atoms with van der Waals surface area (Å²) in [5, 5.41) is 9.98. The van der Waals surface area contributed by atoms with Crippen molar-refractivity contribution in [3.8, 4) is 0 Å². The van der Waals surface area contributed by atoms with Crippen molar-refractivity contribution in [2.24, 2.45) is 11.8 Å². The number of piperidine rings is 1. The summed E-state index contributed by atoms with van der Waals surface area (Å²) in [5.74, 6) is 0.945. The maximum atomic E-state index is 9.98. The molecule has 16 heavy (non-hydrogen) atoms. The molecule has 3 heteroatoms. The van der Waals surface area contributed by atoms with Crippen LogP contribution in [0.2, 0.25) is 0 Å². The molecule has 2 aliphatic rings. The highest BCUT2D eigenvalue weighted by atomic mass is 16.3. The minimum atomic E-state index is -0.0605. The van der Waals surface area contributed by atoms with E-state index in [1.165, 1.54) is 18.5 Å². The smallest absolute Gasteiger partial charge is 0.0630 e. The Labute approximate surface area is 96.1 Å². The number of hydrogen-bond acceptors (Lipinski definition) is 3. The molecule has 3 nitrogen and oxygen atoms in total. The summed E-state index contributed by atoms with van der Waals surface area (Å²) in [6, 6.07) is 4.20. The van der Waals surface area contributed by atoms with Crippen LogP contribution in [0.3, 0.4) is 0 Å². The van der Waals surface area contributed by atoms with Crippen LogP contribution >= 0.6 is 0 Å². The summed E-state index contributed by atoms with van der Waals surface area (Å²) in [4.78, 5) is 6.72. The van der Waals surface area contributed by atoms with E-state index in [1.807, 2.05) is 13.1 Å². The first-order valence-corrected chi connectivity index (χ1v) is 6.10. The summed E-state index contributed by atoms with van der Waals surface area (Å²) < 4.78 is 0. The molecule has 0 aromatic carbocycles. The lowest BCUT2D eigenvalue weighted by Crippen LogP contribution is -2.44. The average Bonchev–Trinajstić information content (AvgIpc) is 2.54. The van der Waals surface area contributed by atoms with Gasteiger partial charge in [0.15, 0.2) is 0 Å². The zero-order chi connectivity index (χ0) is 11.1. The fourth-order valence-corrected chi connectivity index (χ4v) is 3.05. The summed E-state index contributed by atoms with van der Waals surface area (Å²) in [5.41, 5.74) is 2.26. The number of aromatic nitrogens is 1.